The minimum Gasteiger partial charge on any atom is -0.652 e. The van der Waals surface area contributed by atoms with Crippen molar-refractivity contribution in [2.75, 3.05) is 0 Å². The monoisotopic (exact) mass is 478 g/mol. The Morgan fingerprint density at radius 1 is 0.706 bits per heavy atom. The summed E-state index contributed by atoms with van der Waals surface area (Å²) < 4.78 is 4.64. The van der Waals surface area contributed by atoms with Gasteiger partial charge in [0.15, 0.2) is 0 Å². The van der Waals surface area contributed by atoms with E-state index in [0.717, 1.165) is 11.8 Å². The SMILES string of the molecule is CCCC(CC)CC(CC)[n+]1cc[nH]c1.CCCC(CC)CC(CC)[n+]1cc[nH]c1.O=C([O-])[O-]. The molecule has 2 N–H and O–H groups in total. The maximum atomic E-state index is 8.33. The molecule has 196 valence electrons. The van der Waals surface area contributed by atoms with Gasteiger partial charge in [0.2, 0.25) is 12.7 Å². The van der Waals surface area contributed by atoms with Gasteiger partial charge in [0.1, 0.15) is 36.9 Å². The maximum absolute atomic E-state index is 8.33. The third-order valence-corrected chi connectivity index (χ3v) is 6.68. The summed E-state index contributed by atoms with van der Waals surface area (Å²) in [5, 5.41) is 16.7. The van der Waals surface area contributed by atoms with Crippen LogP contribution in [0.15, 0.2) is 37.4 Å². The van der Waals surface area contributed by atoms with Crippen LogP contribution in [-0.2, 0) is 0 Å². The van der Waals surface area contributed by atoms with Crippen molar-refractivity contribution >= 4 is 6.16 Å². The van der Waals surface area contributed by atoms with Crippen molar-refractivity contribution in [2.24, 2.45) is 11.8 Å². The summed E-state index contributed by atoms with van der Waals surface area (Å²) in [6, 6.07) is 1.35. The Hall–Kier alpha value is -2.31. The molecular formula is C27H50N4O3. The average molecular weight is 479 g/mol. The number of aromatic amines is 2. The van der Waals surface area contributed by atoms with E-state index in [2.05, 4.69) is 85.7 Å². The normalized spacial score (nSPS) is 14.1. The smallest absolute Gasteiger partial charge is 0.241 e. The van der Waals surface area contributed by atoms with Crippen molar-refractivity contribution in [2.45, 2.75) is 118 Å². The molecule has 4 unspecified atom stereocenters. The van der Waals surface area contributed by atoms with Crippen molar-refractivity contribution in [1.29, 1.82) is 0 Å². The zero-order valence-electron chi connectivity index (χ0n) is 22.5. The van der Waals surface area contributed by atoms with Crippen LogP contribution in [0.5, 0.6) is 0 Å². The minimum absolute atomic E-state index is 0.674. The Morgan fingerprint density at radius 3 is 1.26 bits per heavy atom. The lowest BCUT2D eigenvalue weighted by molar-refractivity contribution is -0.723. The zero-order valence-corrected chi connectivity index (χ0v) is 22.5. The zero-order chi connectivity index (χ0) is 25.8. The second-order valence-corrected chi connectivity index (χ2v) is 9.09. The molecule has 0 aromatic carbocycles. The van der Waals surface area contributed by atoms with E-state index >= 15 is 0 Å². The molecular weight excluding hydrogens is 428 g/mol. The van der Waals surface area contributed by atoms with Crippen molar-refractivity contribution in [3.05, 3.63) is 37.4 Å². The van der Waals surface area contributed by atoms with Crippen molar-refractivity contribution in [3.8, 4) is 0 Å². The van der Waals surface area contributed by atoms with Crippen LogP contribution in [-0.4, -0.2) is 16.1 Å². The molecule has 4 atom stereocenters. The number of rotatable bonds is 14. The molecule has 7 nitrogen and oxygen atoms in total. The van der Waals surface area contributed by atoms with Gasteiger partial charge in [-0.15, -0.1) is 0 Å². The van der Waals surface area contributed by atoms with Crippen LogP contribution in [0.4, 0.5) is 4.79 Å². The Bertz CT molecular complexity index is 631. The number of aromatic nitrogens is 4. The van der Waals surface area contributed by atoms with Crippen molar-refractivity contribution in [3.63, 3.8) is 0 Å². The largest absolute Gasteiger partial charge is 0.652 e. The van der Waals surface area contributed by atoms with Gasteiger partial charge in [0, 0.05) is 0 Å². The lowest BCUT2D eigenvalue weighted by atomic mass is 9.92. The van der Waals surface area contributed by atoms with Crippen LogP contribution in [0.25, 0.3) is 0 Å². The second kappa shape index (κ2) is 20.1. The fourth-order valence-electron chi connectivity index (χ4n) is 4.62. The summed E-state index contributed by atoms with van der Waals surface area (Å²) in [4.78, 5) is 14.6. The molecule has 0 aliphatic carbocycles. The van der Waals surface area contributed by atoms with Gasteiger partial charge in [-0.3, -0.25) is 9.97 Å². The summed E-state index contributed by atoms with van der Waals surface area (Å²) >= 11 is 0. The number of H-pyrrole nitrogens is 2. The van der Waals surface area contributed by atoms with E-state index in [-0.39, 0.29) is 0 Å². The van der Waals surface area contributed by atoms with Gasteiger partial charge < -0.3 is 15.0 Å². The van der Waals surface area contributed by atoms with Gasteiger partial charge in [-0.1, -0.05) is 80.1 Å². The summed E-state index contributed by atoms with van der Waals surface area (Å²) in [7, 11) is 0. The Morgan fingerprint density at radius 2 is 1.06 bits per heavy atom. The molecule has 0 fully saturated rings. The highest BCUT2D eigenvalue weighted by atomic mass is 16.6. The Labute approximate surface area is 207 Å². The lowest BCUT2D eigenvalue weighted by Crippen LogP contribution is -2.37. The van der Waals surface area contributed by atoms with Gasteiger partial charge in [-0.2, -0.15) is 0 Å². The van der Waals surface area contributed by atoms with Gasteiger partial charge in [-0.25, -0.2) is 9.13 Å². The summed E-state index contributed by atoms with van der Waals surface area (Å²) in [5.74, 6) is 1.78. The number of carboxylic acid groups (broad SMARTS) is 2. The average Bonchev–Trinajstić information content (AvgIpc) is 3.54. The van der Waals surface area contributed by atoms with E-state index < -0.39 is 6.16 Å². The van der Waals surface area contributed by atoms with Crippen LogP contribution in [0.2, 0.25) is 0 Å². The molecule has 2 aromatic rings. The molecule has 0 bridgehead atoms. The highest BCUT2D eigenvalue weighted by molar-refractivity contribution is 5.47. The predicted molar refractivity (Wildman–Crippen MR) is 133 cm³/mol. The first-order valence-corrected chi connectivity index (χ1v) is 13.3. The fourth-order valence-corrected chi connectivity index (χ4v) is 4.62. The molecule has 0 saturated carbocycles. The minimum atomic E-state index is -2.33. The number of carbonyl (C=O) groups excluding carboxylic acids is 1. The molecule has 7 heteroatoms. The van der Waals surface area contributed by atoms with E-state index in [1.54, 1.807) is 0 Å². The molecule has 2 rings (SSSR count). The first-order chi connectivity index (χ1) is 16.4. The third kappa shape index (κ3) is 14.1. The van der Waals surface area contributed by atoms with Crippen molar-refractivity contribution in [1.82, 2.24) is 9.97 Å². The maximum Gasteiger partial charge on any atom is 0.241 e. The molecule has 0 aliphatic heterocycles. The molecule has 34 heavy (non-hydrogen) atoms. The topological polar surface area (TPSA) is 103 Å². The Balaban J connectivity index is 0.000000554. The molecule has 0 saturated heterocycles. The Kier molecular flexibility index (Phi) is 18.7. The van der Waals surface area contributed by atoms with Gasteiger partial charge in [0.25, 0.3) is 0 Å². The highest BCUT2D eigenvalue weighted by Gasteiger charge is 2.19. The van der Waals surface area contributed by atoms with Crippen LogP contribution >= 0.6 is 0 Å². The van der Waals surface area contributed by atoms with Crippen LogP contribution in [0.3, 0.4) is 0 Å². The van der Waals surface area contributed by atoms with E-state index in [1.807, 2.05) is 12.4 Å². The molecule has 2 aromatic heterocycles. The van der Waals surface area contributed by atoms with Crippen LogP contribution in [0, 0.1) is 11.8 Å². The van der Waals surface area contributed by atoms with Gasteiger partial charge in [-0.05, 0) is 43.7 Å². The molecule has 0 aliphatic rings. The van der Waals surface area contributed by atoms with E-state index in [1.165, 1.54) is 64.2 Å². The van der Waals surface area contributed by atoms with Crippen LogP contribution < -0.4 is 19.3 Å². The second-order valence-electron chi connectivity index (χ2n) is 9.09. The molecule has 0 spiro atoms. The first-order valence-electron chi connectivity index (χ1n) is 13.3. The molecule has 0 amide bonds. The number of nitrogens with one attached hydrogen (secondary N) is 2. The van der Waals surface area contributed by atoms with Crippen LogP contribution in [0.1, 0.15) is 118 Å². The number of carbonyl (C=O) groups is 1. The third-order valence-electron chi connectivity index (χ3n) is 6.68. The number of nitrogens with zero attached hydrogens (tertiary/aromatic N) is 2. The van der Waals surface area contributed by atoms with Gasteiger partial charge in [0.05, 0.1) is 0 Å². The summed E-state index contributed by atoms with van der Waals surface area (Å²) in [5.41, 5.74) is 0. The fraction of sp³-hybridized carbons (Fsp3) is 0.741. The summed E-state index contributed by atoms with van der Waals surface area (Å²) in [6.07, 6.45) is 23.2. The predicted octanol–water partition coefficient (Wildman–Crippen LogP) is 4.49. The number of hydrogen-bond acceptors (Lipinski definition) is 3. The van der Waals surface area contributed by atoms with E-state index in [9.17, 15) is 0 Å². The molecule has 0 radical (unpaired) electrons. The van der Waals surface area contributed by atoms with E-state index in [4.69, 9.17) is 15.0 Å². The van der Waals surface area contributed by atoms with Crippen molar-refractivity contribution < 1.29 is 24.1 Å². The standard InChI is InChI=1S/2C13H24N2.CH2O3/c2*1-4-7-12(5-2)10-13(6-3)15-9-8-14-11-15;2-1(3)4/h2*8-9,11-13H,4-7,10H2,1-3H3;(H2,2,3,4). The summed E-state index contributed by atoms with van der Waals surface area (Å²) in [6.45, 7) is 13.8. The number of imidazole rings is 2. The molecule has 2 heterocycles. The highest BCUT2D eigenvalue weighted by Crippen LogP contribution is 2.23. The first kappa shape index (κ1) is 31.7. The number of hydrogen-bond donors (Lipinski definition) is 2. The lowest BCUT2D eigenvalue weighted by Gasteiger charge is -2.18. The quantitative estimate of drug-likeness (QED) is 0.391. The van der Waals surface area contributed by atoms with Gasteiger partial charge >= 0.3 is 0 Å². The van der Waals surface area contributed by atoms with E-state index in [0.29, 0.717) is 12.1 Å².